The van der Waals surface area contributed by atoms with Gasteiger partial charge in [-0.25, -0.2) is 4.39 Å². The molecule has 1 aliphatic heterocycles. The summed E-state index contributed by atoms with van der Waals surface area (Å²) in [5.74, 6) is 0.200. The second-order valence-electron chi connectivity index (χ2n) is 8.65. The molecule has 6 nitrogen and oxygen atoms in total. The Labute approximate surface area is 208 Å². The molecule has 0 radical (unpaired) electrons. The van der Waals surface area contributed by atoms with Crippen LogP contribution in [0.1, 0.15) is 40.7 Å². The number of benzene rings is 2. The van der Waals surface area contributed by atoms with Crippen molar-refractivity contribution in [2.45, 2.75) is 32.4 Å². The Bertz CT molecular complexity index is 1200. The highest BCUT2D eigenvalue weighted by Gasteiger charge is 2.34. The zero-order valence-electron chi connectivity index (χ0n) is 20.1. The lowest BCUT2D eigenvalue weighted by atomic mass is 10.00. The summed E-state index contributed by atoms with van der Waals surface area (Å²) in [6.45, 7) is 4.39. The third kappa shape index (κ3) is 5.48. The molecule has 0 aliphatic carbocycles. The molecule has 1 atom stereocenters. The smallest absolute Gasteiger partial charge is 0.254 e. The molecule has 3 aromatic rings. The molecule has 2 heterocycles. The molecule has 8 heteroatoms. The van der Waals surface area contributed by atoms with Crippen LogP contribution < -0.4 is 9.47 Å². The van der Waals surface area contributed by atoms with Gasteiger partial charge in [0.05, 0.1) is 13.2 Å². The fourth-order valence-corrected chi connectivity index (χ4v) is 5.22. The van der Waals surface area contributed by atoms with Gasteiger partial charge in [0, 0.05) is 23.0 Å². The van der Waals surface area contributed by atoms with Crippen molar-refractivity contribution in [2.24, 2.45) is 0 Å². The number of carbonyl (C=O) groups excluding carboxylic acids is 2. The lowest BCUT2D eigenvalue weighted by molar-refractivity contribution is -0.136. The number of hydrogen-bond donors (Lipinski definition) is 0. The molecule has 1 aliphatic rings. The van der Waals surface area contributed by atoms with Gasteiger partial charge in [0.25, 0.3) is 5.91 Å². The topological polar surface area (TPSA) is 59.1 Å². The van der Waals surface area contributed by atoms with Crippen LogP contribution in [-0.4, -0.2) is 54.5 Å². The van der Waals surface area contributed by atoms with E-state index >= 15 is 0 Å². The molecule has 184 valence electrons. The zero-order chi connectivity index (χ0) is 24.9. The quantitative estimate of drug-likeness (QED) is 0.443. The molecule has 2 aromatic carbocycles. The predicted octanol–water partition coefficient (Wildman–Crippen LogP) is 4.95. The molecular weight excluding hydrogens is 467 g/mol. The van der Waals surface area contributed by atoms with Gasteiger partial charge in [-0.2, -0.15) is 0 Å². The molecule has 4 rings (SSSR count). The number of para-hydroxylation sites is 2. The summed E-state index contributed by atoms with van der Waals surface area (Å²) in [5, 5.41) is 2.03. The molecule has 0 saturated heterocycles. The average Bonchev–Trinajstić information content (AvgIpc) is 3.34. The molecule has 0 saturated carbocycles. The molecular formula is C27H29FN2O4S. The van der Waals surface area contributed by atoms with Crippen LogP contribution in [0.4, 0.5) is 4.39 Å². The van der Waals surface area contributed by atoms with E-state index in [4.69, 9.17) is 9.47 Å². The first-order valence-electron chi connectivity index (χ1n) is 11.6. The van der Waals surface area contributed by atoms with E-state index in [1.54, 1.807) is 29.4 Å². The third-order valence-corrected chi connectivity index (χ3v) is 7.14. The number of hydrogen-bond acceptors (Lipinski definition) is 5. The Hall–Kier alpha value is -3.39. The van der Waals surface area contributed by atoms with Crippen LogP contribution in [0.25, 0.3) is 0 Å². The minimum atomic E-state index is -0.486. The van der Waals surface area contributed by atoms with Crippen molar-refractivity contribution < 1.29 is 23.5 Å². The highest BCUT2D eigenvalue weighted by Crippen LogP contribution is 2.35. The van der Waals surface area contributed by atoms with Crippen molar-refractivity contribution in [1.82, 2.24) is 9.80 Å². The van der Waals surface area contributed by atoms with E-state index in [0.29, 0.717) is 18.0 Å². The van der Waals surface area contributed by atoms with Crippen molar-refractivity contribution in [3.8, 4) is 11.5 Å². The van der Waals surface area contributed by atoms with Gasteiger partial charge in [-0.1, -0.05) is 18.2 Å². The average molecular weight is 497 g/mol. The van der Waals surface area contributed by atoms with Crippen LogP contribution in [-0.2, 0) is 11.2 Å². The number of ether oxygens (including phenoxy) is 2. The van der Waals surface area contributed by atoms with E-state index in [-0.39, 0.29) is 42.6 Å². The fourth-order valence-electron chi connectivity index (χ4n) is 4.29. The van der Waals surface area contributed by atoms with E-state index in [2.05, 4.69) is 0 Å². The first kappa shape index (κ1) is 24.7. The van der Waals surface area contributed by atoms with Gasteiger partial charge in [0.1, 0.15) is 19.0 Å². The second-order valence-corrected chi connectivity index (χ2v) is 9.65. The maximum Gasteiger partial charge on any atom is 0.254 e. The van der Waals surface area contributed by atoms with Gasteiger partial charge in [0.15, 0.2) is 11.5 Å². The van der Waals surface area contributed by atoms with E-state index < -0.39 is 5.82 Å². The number of carbonyl (C=O) groups is 2. The number of halogens is 1. The Morgan fingerprint density at radius 1 is 1.14 bits per heavy atom. The number of thiophene rings is 1. The summed E-state index contributed by atoms with van der Waals surface area (Å²) in [4.78, 5) is 31.2. The van der Waals surface area contributed by atoms with Crippen LogP contribution in [0.2, 0.25) is 0 Å². The number of methoxy groups -OCH3 is 1. The van der Waals surface area contributed by atoms with E-state index in [0.717, 1.165) is 12.0 Å². The van der Waals surface area contributed by atoms with Gasteiger partial charge >= 0.3 is 0 Å². The predicted molar refractivity (Wildman–Crippen MR) is 134 cm³/mol. The van der Waals surface area contributed by atoms with Crippen LogP contribution >= 0.6 is 11.3 Å². The minimum Gasteiger partial charge on any atom is -0.493 e. The first-order chi connectivity index (χ1) is 16.9. The van der Waals surface area contributed by atoms with Gasteiger partial charge < -0.3 is 19.3 Å². The molecule has 0 N–H and O–H groups in total. The maximum absolute atomic E-state index is 13.7. The number of nitrogens with zero attached hydrogens (tertiary/aromatic N) is 2. The highest BCUT2D eigenvalue weighted by molar-refractivity contribution is 7.10. The molecule has 35 heavy (non-hydrogen) atoms. The summed E-state index contributed by atoms with van der Waals surface area (Å²) in [6.07, 6.45) is 0.753. The Morgan fingerprint density at radius 2 is 1.91 bits per heavy atom. The van der Waals surface area contributed by atoms with Crippen molar-refractivity contribution >= 4 is 23.2 Å². The maximum atomic E-state index is 13.7. The number of amides is 2. The molecule has 0 unspecified atom stereocenters. The van der Waals surface area contributed by atoms with Crippen molar-refractivity contribution in [3.05, 3.63) is 81.8 Å². The van der Waals surface area contributed by atoms with E-state index in [1.807, 2.05) is 49.6 Å². The molecule has 1 aromatic heterocycles. The number of rotatable bonds is 8. The van der Waals surface area contributed by atoms with E-state index in [9.17, 15) is 14.0 Å². The summed E-state index contributed by atoms with van der Waals surface area (Å²) in [5.41, 5.74) is 1.29. The molecule has 0 bridgehead atoms. The summed E-state index contributed by atoms with van der Waals surface area (Å²) < 4.78 is 25.2. The normalized spacial score (nSPS) is 15.0. The summed E-state index contributed by atoms with van der Waals surface area (Å²) in [6, 6.07) is 14.5. The lowest BCUT2D eigenvalue weighted by Gasteiger charge is -2.37. The first-order valence-corrected chi connectivity index (χ1v) is 12.4. The minimum absolute atomic E-state index is 0.0996. The van der Waals surface area contributed by atoms with Gasteiger partial charge in [-0.05, 0) is 67.6 Å². The van der Waals surface area contributed by atoms with Gasteiger partial charge in [-0.15, -0.1) is 11.3 Å². The van der Waals surface area contributed by atoms with Crippen LogP contribution in [0.15, 0.2) is 60.0 Å². The Morgan fingerprint density at radius 3 is 2.63 bits per heavy atom. The van der Waals surface area contributed by atoms with Gasteiger partial charge in [-0.3, -0.25) is 9.59 Å². The highest BCUT2D eigenvalue weighted by atomic mass is 32.1. The zero-order valence-corrected chi connectivity index (χ0v) is 20.9. The van der Waals surface area contributed by atoms with Crippen LogP contribution in [0, 0.1) is 5.82 Å². The molecule has 0 spiro atoms. The second kappa shape index (κ2) is 10.9. The standard InChI is InChI=1S/C27H29FN2O4S/c1-18(2)30(27(32)19-7-6-8-20(28)15-19)16-26(31)29-13-11-25-21(12-14-35-25)22(29)17-34-24-10-5-4-9-23(24)33-3/h4-10,12,14-15,18,22H,11,13,16-17H2,1-3H3/t22-/m0/s1. The van der Waals surface area contributed by atoms with Crippen molar-refractivity contribution in [1.29, 1.82) is 0 Å². The van der Waals surface area contributed by atoms with Crippen molar-refractivity contribution in [2.75, 3.05) is 26.8 Å². The third-order valence-electron chi connectivity index (χ3n) is 6.14. The van der Waals surface area contributed by atoms with Crippen LogP contribution in [0.5, 0.6) is 11.5 Å². The van der Waals surface area contributed by atoms with E-state index in [1.165, 1.54) is 28.0 Å². The summed E-state index contributed by atoms with van der Waals surface area (Å²) >= 11 is 1.68. The van der Waals surface area contributed by atoms with Crippen LogP contribution in [0.3, 0.4) is 0 Å². The Kier molecular flexibility index (Phi) is 7.70. The summed E-state index contributed by atoms with van der Waals surface area (Å²) in [7, 11) is 1.59. The fraction of sp³-hybridized carbons (Fsp3) is 0.333. The molecule has 2 amide bonds. The SMILES string of the molecule is COc1ccccc1OC[C@H]1c2ccsc2CCN1C(=O)CN(C(=O)c1cccc(F)c1)C(C)C. The van der Waals surface area contributed by atoms with Gasteiger partial charge in [0.2, 0.25) is 5.91 Å². The largest absolute Gasteiger partial charge is 0.493 e. The van der Waals surface area contributed by atoms with Crippen molar-refractivity contribution in [3.63, 3.8) is 0 Å². The number of fused-ring (bicyclic) bond motifs is 1. The molecule has 0 fully saturated rings. The lowest BCUT2D eigenvalue weighted by Crippen LogP contribution is -2.49. The Balaban J connectivity index is 1.55. The monoisotopic (exact) mass is 496 g/mol.